The van der Waals surface area contributed by atoms with E-state index in [4.69, 9.17) is 9.47 Å². The van der Waals surface area contributed by atoms with Crippen molar-refractivity contribution in [2.24, 2.45) is 22.7 Å². The molecule has 6 atom stereocenters. The summed E-state index contributed by atoms with van der Waals surface area (Å²) in [5, 5.41) is 19.0. The number of rotatable bonds is 13. The van der Waals surface area contributed by atoms with Crippen LogP contribution >= 0.6 is 0 Å². The van der Waals surface area contributed by atoms with Crippen molar-refractivity contribution in [2.45, 2.75) is 105 Å². The fraction of sp³-hybridized carbons (Fsp3) is 0.719. The first-order valence-electron chi connectivity index (χ1n) is 15.3. The maximum absolute atomic E-state index is 14.0. The maximum atomic E-state index is 14.0. The largest absolute Gasteiger partial charge is 0.463 e. The first-order chi connectivity index (χ1) is 20.3. The Morgan fingerprint density at radius 1 is 1.09 bits per heavy atom. The summed E-state index contributed by atoms with van der Waals surface area (Å²) in [7, 11) is 0. The van der Waals surface area contributed by atoms with Gasteiger partial charge in [0, 0.05) is 19.2 Å². The molecule has 2 aliphatic rings. The summed E-state index contributed by atoms with van der Waals surface area (Å²) in [4.78, 5) is 66.4. The van der Waals surface area contributed by atoms with Gasteiger partial charge in [-0.15, -0.1) is 6.58 Å². The summed E-state index contributed by atoms with van der Waals surface area (Å²) in [6, 6.07) is -2.80. The van der Waals surface area contributed by atoms with Crippen LogP contribution in [-0.2, 0) is 28.7 Å². The van der Waals surface area contributed by atoms with E-state index in [1.807, 2.05) is 34.6 Å². The summed E-state index contributed by atoms with van der Waals surface area (Å²) in [6.45, 7) is 20.7. The molecule has 248 valence electrons. The summed E-state index contributed by atoms with van der Waals surface area (Å²) < 4.78 is 10.2. The summed E-state index contributed by atoms with van der Waals surface area (Å²) in [6.07, 6.45) is 2.50. The van der Waals surface area contributed by atoms with E-state index in [-0.39, 0.29) is 36.8 Å². The zero-order valence-electron chi connectivity index (χ0n) is 27.7. The Morgan fingerprint density at radius 2 is 1.73 bits per heavy atom. The molecule has 4 N–H and O–H groups in total. The lowest BCUT2D eigenvalue weighted by Crippen LogP contribution is -2.61. The van der Waals surface area contributed by atoms with Gasteiger partial charge >= 0.3 is 12.1 Å². The highest BCUT2D eigenvalue weighted by molar-refractivity contribution is 5.94. The number of carbonyl (C=O) groups is 5. The number of esters is 1. The molecule has 0 aromatic rings. The number of nitrogens with zero attached hydrogens (tertiary/aromatic N) is 1. The van der Waals surface area contributed by atoms with Crippen LogP contribution in [0.2, 0.25) is 0 Å². The summed E-state index contributed by atoms with van der Waals surface area (Å²) >= 11 is 0. The second kappa shape index (κ2) is 14.6. The molecule has 2 fully saturated rings. The fourth-order valence-corrected chi connectivity index (χ4v) is 5.72. The molecule has 12 nitrogen and oxygen atoms in total. The second-order valence-electron chi connectivity index (χ2n) is 14.2. The number of fused-ring (bicyclic) bond motifs is 1. The van der Waals surface area contributed by atoms with E-state index in [2.05, 4.69) is 22.5 Å². The molecule has 12 heteroatoms. The molecular weight excluding hydrogens is 568 g/mol. The van der Waals surface area contributed by atoms with Gasteiger partial charge in [-0.2, -0.15) is 0 Å². The number of allylic oxidation sites excluding steroid dienone is 1. The molecular formula is C32H52N4O8. The number of likely N-dealkylation sites (tertiary alicyclic amines) is 1. The number of aliphatic hydroxyl groups excluding tert-OH is 1. The molecule has 44 heavy (non-hydrogen) atoms. The monoisotopic (exact) mass is 620 g/mol. The van der Waals surface area contributed by atoms with Gasteiger partial charge < -0.3 is 35.4 Å². The van der Waals surface area contributed by atoms with Crippen LogP contribution < -0.4 is 16.0 Å². The molecule has 0 bridgehead atoms. The number of nitrogens with one attached hydrogen (secondary N) is 3. The Hall–Kier alpha value is -3.41. The minimum atomic E-state index is -1.60. The number of carbonyl (C=O) groups excluding carboxylic acids is 5. The third-order valence-corrected chi connectivity index (χ3v) is 8.13. The quantitative estimate of drug-likeness (QED) is 0.139. The van der Waals surface area contributed by atoms with Crippen molar-refractivity contribution in [3.8, 4) is 0 Å². The molecule has 1 aliphatic carbocycles. The van der Waals surface area contributed by atoms with Crippen LogP contribution in [0.25, 0.3) is 0 Å². The Bertz CT molecular complexity index is 1120. The predicted molar refractivity (Wildman–Crippen MR) is 165 cm³/mol. The van der Waals surface area contributed by atoms with Crippen LogP contribution in [-0.4, -0.2) is 89.3 Å². The number of ether oxygens (including phenoxy) is 2. The standard InChI is InChI=1S/C32H52N4O8/c1-11-13-15-20(24(38)27(40)33-17-14-16-21(37)43-12-2)34-26(39)23-22-19(32(22,9)10)18-36(23)28(41)25(30(3,4)5)35-29(42)44-31(6,7)8/h11,14,16,19-20,22-25,38H,1,12-13,15,17-18H2,2-10H3,(H,33,40)(H,34,39)(H,35,42)/t19-,20+,22-,23+,24+,25-/m1/s1. The zero-order chi connectivity index (χ0) is 33.6. The van der Waals surface area contributed by atoms with Crippen LogP contribution in [0.3, 0.4) is 0 Å². The summed E-state index contributed by atoms with van der Waals surface area (Å²) in [5.74, 6) is -2.22. The molecule has 0 aromatic carbocycles. The predicted octanol–water partition coefficient (Wildman–Crippen LogP) is 2.46. The third-order valence-electron chi connectivity index (χ3n) is 8.13. The first kappa shape index (κ1) is 36.8. The van der Waals surface area contributed by atoms with Crippen molar-refractivity contribution in [1.82, 2.24) is 20.9 Å². The average Bonchev–Trinajstić information content (AvgIpc) is 3.21. The lowest BCUT2D eigenvalue weighted by Gasteiger charge is -2.38. The zero-order valence-corrected chi connectivity index (χ0v) is 27.7. The highest BCUT2D eigenvalue weighted by atomic mass is 16.6. The molecule has 0 radical (unpaired) electrons. The van der Waals surface area contributed by atoms with Crippen molar-refractivity contribution < 1.29 is 38.6 Å². The Kier molecular flexibility index (Phi) is 12.2. The van der Waals surface area contributed by atoms with E-state index in [1.54, 1.807) is 33.8 Å². The minimum Gasteiger partial charge on any atom is -0.463 e. The molecule has 1 aliphatic heterocycles. The van der Waals surface area contributed by atoms with Crippen molar-refractivity contribution in [2.75, 3.05) is 19.7 Å². The minimum absolute atomic E-state index is 0.0292. The van der Waals surface area contributed by atoms with E-state index in [0.717, 1.165) is 0 Å². The highest BCUT2D eigenvalue weighted by Gasteiger charge is 2.70. The van der Waals surface area contributed by atoms with Gasteiger partial charge in [0.1, 0.15) is 17.7 Å². The molecule has 1 heterocycles. The Labute approximate surface area is 261 Å². The smallest absolute Gasteiger partial charge is 0.408 e. The van der Waals surface area contributed by atoms with Crippen molar-refractivity contribution in [3.63, 3.8) is 0 Å². The van der Waals surface area contributed by atoms with E-state index in [0.29, 0.717) is 13.0 Å². The van der Waals surface area contributed by atoms with E-state index >= 15 is 0 Å². The van der Waals surface area contributed by atoms with Crippen LogP contribution in [0.4, 0.5) is 4.79 Å². The van der Waals surface area contributed by atoms with Crippen molar-refractivity contribution >= 4 is 29.8 Å². The number of amides is 4. The number of hydrogen-bond acceptors (Lipinski definition) is 8. The molecule has 4 amide bonds. The number of aliphatic hydroxyl groups is 1. The maximum Gasteiger partial charge on any atom is 0.408 e. The second-order valence-corrected chi connectivity index (χ2v) is 14.2. The fourth-order valence-electron chi connectivity index (χ4n) is 5.72. The van der Waals surface area contributed by atoms with Gasteiger partial charge in [0.05, 0.1) is 12.6 Å². The molecule has 1 saturated carbocycles. The lowest BCUT2D eigenvalue weighted by atomic mass is 9.85. The van der Waals surface area contributed by atoms with Gasteiger partial charge in [-0.3, -0.25) is 14.4 Å². The van der Waals surface area contributed by atoms with Crippen LogP contribution in [0.15, 0.2) is 24.8 Å². The van der Waals surface area contributed by atoms with Crippen LogP contribution in [0.1, 0.15) is 75.2 Å². The lowest BCUT2D eigenvalue weighted by molar-refractivity contribution is -0.145. The highest BCUT2D eigenvalue weighted by Crippen LogP contribution is 2.65. The third kappa shape index (κ3) is 9.54. The Morgan fingerprint density at radius 3 is 2.27 bits per heavy atom. The number of alkyl carbamates (subject to hydrolysis) is 1. The first-order valence-corrected chi connectivity index (χ1v) is 15.3. The number of piperidine rings is 1. The molecule has 2 rings (SSSR count). The Balaban J connectivity index is 2.24. The molecule has 0 aromatic heterocycles. The average molecular weight is 621 g/mol. The van der Waals surface area contributed by atoms with Crippen molar-refractivity contribution in [1.29, 1.82) is 0 Å². The van der Waals surface area contributed by atoms with Gasteiger partial charge in [0.15, 0.2) is 6.10 Å². The van der Waals surface area contributed by atoms with E-state index < -0.39 is 65.0 Å². The molecule has 0 unspecified atom stereocenters. The van der Waals surface area contributed by atoms with Gasteiger partial charge in [0.25, 0.3) is 5.91 Å². The normalized spacial score (nSPS) is 22.7. The van der Waals surface area contributed by atoms with Gasteiger partial charge in [-0.1, -0.05) is 46.8 Å². The molecule has 1 saturated heterocycles. The van der Waals surface area contributed by atoms with Crippen LogP contribution in [0.5, 0.6) is 0 Å². The summed E-state index contributed by atoms with van der Waals surface area (Å²) in [5.41, 5.74) is -1.64. The topological polar surface area (TPSA) is 163 Å². The van der Waals surface area contributed by atoms with E-state index in [1.165, 1.54) is 17.1 Å². The van der Waals surface area contributed by atoms with Gasteiger partial charge in [-0.25, -0.2) is 9.59 Å². The number of hydrogen-bond donors (Lipinski definition) is 4. The van der Waals surface area contributed by atoms with E-state index in [9.17, 15) is 29.1 Å². The van der Waals surface area contributed by atoms with Gasteiger partial charge in [-0.05, 0) is 63.2 Å². The van der Waals surface area contributed by atoms with Crippen LogP contribution in [0, 0.1) is 22.7 Å². The van der Waals surface area contributed by atoms with Crippen molar-refractivity contribution in [3.05, 3.63) is 24.8 Å². The molecule has 0 spiro atoms. The van der Waals surface area contributed by atoms with Gasteiger partial charge in [0.2, 0.25) is 11.8 Å². The SMILES string of the molecule is C=CCC[C@H](NC(=O)[C@@H]1[C@H]2[C@@H](CN1C(=O)[C@@H](NC(=O)OC(C)(C)C)C(C)(C)C)C2(C)C)[C@H](O)C(=O)NCC=CC(=O)OCC.